The van der Waals surface area contributed by atoms with Gasteiger partial charge in [0.1, 0.15) is 5.75 Å². The van der Waals surface area contributed by atoms with Crippen molar-refractivity contribution >= 4 is 35.2 Å². The summed E-state index contributed by atoms with van der Waals surface area (Å²) >= 11 is 5.39. The second-order valence-electron chi connectivity index (χ2n) is 10.3. The molecule has 0 aliphatic heterocycles. The van der Waals surface area contributed by atoms with Crippen molar-refractivity contribution in [1.29, 1.82) is 0 Å². The molecule has 4 aromatic rings. The van der Waals surface area contributed by atoms with Crippen molar-refractivity contribution < 1.29 is 27.4 Å². The number of halogens is 3. The molecule has 244 valence electrons. The number of rotatable bonds is 14. The molecule has 1 heterocycles. The minimum absolute atomic E-state index is 0.335. The van der Waals surface area contributed by atoms with Gasteiger partial charge in [-0.3, -0.25) is 5.43 Å². The third-order valence-corrected chi connectivity index (χ3v) is 6.93. The first kappa shape index (κ1) is 34.3. The minimum Gasteiger partial charge on any atom is -0.406 e. The average molecular weight is 656 g/mol. The Morgan fingerprint density at radius 1 is 1.00 bits per heavy atom. The Bertz CT molecular complexity index is 1590. The monoisotopic (exact) mass is 655 g/mol. The van der Waals surface area contributed by atoms with Crippen molar-refractivity contribution in [2.75, 3.05) is 31.4 Å². The smallest absolute Gasteiger partial charge is 0.406 e. The van der Waals surface area contributed by atoms with E-state index in [4.69, 9.17) is 21.7 Å². The average Bonchev–Trinajstić information content (AvgIpc) is 3.45. The zero-order valence-electron chi connectivity index (χ0n) is 25.8. The van der Waals surface area contributed by atoms with Crippen molar-refractivity contribution in [3.63, 3.8) is 0 Å². The van der Waals surface area contributed by atoms with Crippen LogP contribution in [-0.4, -0.2) is 59.5 Å². The summed E-state index contributed by atoms with van der Waals surface area (Å²) in [6.45, 7) is 4.69. The zero-order valence-corrected chi connectivity index (χ0v) is 26.7. The van der Waals surface area contributed by atoms with Crippen molar-refractivity contribution in [3.8, 4) is 22.8 Å². The zero-order chi connectivity index (χ0) is 33.1. The lowest BCUT2D eigenvalue weighted by Gasteiger charge is -2.14. The number of aromatic nitrogens is 3. The van der Waals surface area contributed by atoms with Gasteiger partial charge < -0.3 is 24.8 Å². The molecular weight excluding hydrogens is 619 g/mol. The molecular formula is C32H36F3N7O3S. The molecule has 46 heavy (non-hydrogen) atoms. The molecule has 0 unspecified atom stereocenters. The molecule has 0 saturated heterocycles. The molecule has 0 spiro atoms. The lowest BCUT2D eigenvalue weighted by Crippen LogP contribution is -2.24. The molecule has 0 fully saturated rings. The van der Waals surface area contributed by atoms with E-state index < -0.39 is 12.7 Å². The summed E-state index contributed by atoms with van der Waals surface area (Å²) in [5, 5.41) is 15.7. The SMILES string of the molecule is COC(CCNc1nc(-c2ccc(C/C=N/NC(=S)Nc3ccccc3C(C)C)cc2)nn1-c1ccc(OC(F)(F)F)cc1)OC. The number of hydrogen-bond donors (Lipinski definition) is 3. The van der Waals surface area contributed by atoms with Crippen LogP contribution in [-0.2, 0) is 15.9 Å². The highest BCUT2D eigenvalue weighted by atomic mass is 32.1. The van der Waals surface area contributed by atoms with Gasteiger partial charge in [0.05, 0.1) is 5.69 Å². The molecule has 0 aliphatic carbocycles. The van der Waals surface area contributed by atoms with Gasteiger partial charge in [-0.1, -0.05) is 56.3 Å². The van der Waals surface area contributed by atoms with Crippen LogP contribution in [0.15, 0.2) is 77.9 Å². The van der Waals surface area contributed by atoms with E-state index >= 15 is 0 Å². The number of alkyl halides is 3. The molecule has 0 aliphatic rings. The summed E-state index contributed by atoms with van der Waals surface area (Å²) in [7, 11) is 3.09. The first-order chi connectivity index (χ1) is 22.1. The van der Waals surface area contributed by atoms with Gasteiger partial charge in [0.15, 0.2) is 17.2 Å². The maximum atomic E-state index is 12.6. The van der Waals surface area contributed by atoms with E-state index in [0.29, 0.717) is 47.9 Å². The van der Waals surface area contributed by atoms with Gasteiger partial charge in [0.25, 0.3) is 0 Å². The van der Waals surface area contributed by atoms with E-state index in [1.165, 1.54) is 28.9 Å². The number of hydrogen-bond acceptors (Lipinski definition) is 8. The summed E-state index contributed by atoms with van der Waals surface area (Å²) in [5.74, 6) is 0.835. The fraction of sp³-hybridized carbons (Fsp3) is 0.312. The van der Waals surface area contributed by atoms with Crippen molar-refractivity contribution in [2.45, 2.75) is 45.3 Å². The van der Waals surface area contributed by atoms with E-state index in [2.05, 4.69) is 55.9 Å². The highest BCUT2D eigenvalue weighted by molar-refractivity contribution is 7.80. The van der Waals surface area contributed by atoms with Gasteiger partial charge in [-0.2, -0.15) is 14.8 Å². The molecule has 14 heteroatoms. The molecule has 3 aromatic carbocycles. The molecule has 10 nitrogen and oxygen atoms in total. The summed E-state index contributed by atoms with van der Waals surface area (Å²) in [5.41, 5.74) is 7.20. The second-order valence-corrected chi connectivity index (χ2v) is 10.8. The van der Waals surface area contributed by atoms with Gasteiger partial charge in [-0.05, 0) is 59.6 Å². The number of methoxy groups -OCH3 is 2. The Balaban J connectivity index is 1.42. The van der Waals surface area contributed by atoms with Crippen molar-refractivity contribution in [2.24, 2.45) is 5.10 Å². The Kier molecular flexibility index (Phi) is 12.1. The molecule has 3 N–H and O–H groups in total. The Labute approximate surface area is 271 Å². The van der Waals surface area contributed by atoms with Gasteiger partial charge in [0, 0.05) is 51.1 Å². The van der Waals surface area contributed by atoms with Crippen LogP contribution < -0.4 is 20.8 Å². The van der Waals surface area contributed by atoms with Crippen LogP contribution in [0.4, 0.5) is 24.8 Å². The normalized spacial score (nSPS) is 11.8. The fourth-order valence-corrected chi connectivity index (χ4v) is 4.62. The number of nitrogens with zero attached hydrogens (tertiary/aromatic N) is 4. The van der Waals surface area contributed by atoms with Crippen molar-refractivity contribution in [3.05, 3.63) is 83.9 Å². The van der Waals surface area contributed by atoms with Crippen LogP contribution in [0, 0.1) is 0 Å². The third-order valence-electron chi connectivity index (χ3n) is 6.74. The van der Waals surface area contributed by atoms with E-state index in [1.807, 2.05) is 42.5 Å². The van der Waals surface area contributed by atoms with Gasteiger partial charge in [-0.25, -0.2) is 0 Å². The van der Waals surface area contributed by atoms with E-state index in [9.17, 15) is 13.2 Å². The second kappa shape index (κ2) is 16.2. The topological polar surface area (TPSA) is 107 Å². The predicted octanol–water partition coefficient (Wildman–Crippen LogP) is 6.89. The van der Waals surface area contributed by atoms with E-state index in [1.54, 1.807) is 20.4 Å². The van der Waals surface area contributed by atoms with Crippen LogP contribution >= 0.6 is 12.2 Å². The third kappa shape index (κ3) is 9.99. The van der Waals surface area contributed by atoms with Gasteiger partial charge in [0.2, 0.25) is 5.95 Å². The Morgan fingerprint density at radius 2 is 1.70 bits per heavy atom. The number of benzene rings is 3. The molecule has 0 radical (unpaired) electrons. The summed E-state index contributed by atoms with van der Waals surface area (Å²) in [6.07, 6.45) is -2.40. The highest BCUT2D eigenvalue weighted by Gasteiger charge is 2.31. The number of nitrogens with one attached hydrogen (secondary N) is 3. The quantitative estimate of drug-likeness (QED) is 0.0580. The van der Waals surface area contributed by atoms with Crippen LogP contribution in [0.5, 0.6) is 5.75 Å². The van der Waals surface area contributed by atoms with Gasteiger partial charge in [-0.15, -0.1) is 18.3 Å². The first-order valence-electron chi connectivity index (χ1n) is 14.5. The predicted molar refractivity (Wildman–Crippen MR) is 176 cm³/mol. The number of anilines is 2. The van der Waals surface area contributed by atoms with Crippen LogP contribution in [0.1, 0.15) is 37.3 Å². The maximum absolute atomic E-state index is 12.6. The molecule has 0 amide bonds. The number of thiocarbonyl (C=S) groups is 1. The fourth-order valence-electron chi connectivity index (χ4n) is 4.46. The van der Waals surface area contributed by atoms with Gasteiger partial charge >= 0.3 is 6.36 Å². The maximum Gasteiger partial charge on any atom is 0.573 e. The molecule has 1 aromatic heterocycles. The highest BCUT2D eigenvalue weighted by Crippen LogP contribution is 2.27. The number of para-hydroxylation sites is 1. The molecule has 4 rings (SSSR count). The van der Waals surface area contributed by atoms with Crippen LogP contribution in [0.2, 0.25) is 0 Å². The number of hydrazone groups is 1. The first-order valence-corrected chi connectivity index (χ1v) is 14.9. The van der Waals surface area contributed by atoms with E-state index in [-0.39, 0.29) is 5.75 Å². The summed E-state index contributed by atoms with van der Waals surface area (Å²) < 4.78 is 53.9. The molecule has 0 atom stereocenters. The lowest BCUT2D eigenvalue weighted by molar-refractivity contribution is -0.274. The summed E-state index contributed by atoms with van der Waals surface area (Å²) in [6, 6.07) is 21.0. The minimum atomic E-state index is -4.79. The number of ether oxygens (including phenoxy) is 3. The lowest BCUT2D eigenvalue weighted by atomic mass is 10.0. The van der Waals surface area contributed by atoms with Crippen LogP contribution in [0.3, 0.4) is 0 Å². The Morgan fingerprint density at radius 3 is 2.35 bits per heavy atom. The standard InChI is InChI=1S/C32H36F3N7O3S/c1-21(2)26-7-5-6-8-27(26)38-31(46)40-37-20-17-22-9-11-23(12-10-22)29-39-30(36-19-18-28(43-3)44-4)42(41-29)24-13-15-25(16-14-24)45-32(33,34)35/h5-16,20-21,28H,17-19H2,1-4H3,(H,36,39,41)(H2,38,40,46)/b37-20+. The Hall–Kier alpha value is -4.53. The van der Waals surface area contributed by atoms with E-state index in [0.717, 1.165) is 22.4 Å². The molecule has 0 bridgehead atoms. The molecule has 0 saturated carbocycles. The van der Waals surface area contributed by atoms with Crippen LogP contribution in [0.25, 0.3) is 17.1 Å². The van der Waals surface area contributed by atoms with Crippen molar-refractivity contribution in [1.82, 2.24) is 20.2 Å². The summed E-state index contributed by atoms with van der Waals surface area (Å²) in [4.78, 5) is 4.65. The largest absolute Gasteiger partial charge is 0.573 e.